The van der Waals surface area contributed by atoms with E-state index in [0.717, 1.165) is 25.8 Å². The van der Waals surface area contributed by atoms with E-state index >= 15 is 0 Å². The van der Waals surface area contributed by atoms with Crippen molar-refractivity contribution >= 4 is 41.7 Å². The van der Waals surface area contributed by atoms with Crippen molar-refractivity contribution in [2.24, 2.45) is 5.92 Å². The van der Waals surface area contributed by atoms with Crippen LogP contribution >= 0.6 is 35.8 Å². The number of hydrogen-bond acceptors (Lipinski definition) is 7. The number of thioether (sulfide) groups is 1. The van der Waals surface area contributed by atoms with Crippen LogP contribution in [0.5, 0.6) is 0 Å². The first-order valence-electron chi connectivity index (χ1n) is 9.58. The number of alkyl halides is 1. The van der Waals surface area contributed by atoms with Crippen molar-refractivity contribution in [3.8, 4) is 0 Å². The van der Waals surface area contributed by atoms with E-state index in [-0.39, 0.29) is 24.4 Å². The van der Waals surface area contributed by atoms with Gasteiger partial charge in [-0.2, -0.15) is 0 Å². The maximum atomic E-state index is 12.9. The molecule has 2 rings (SSSR count). The Morgan fingerprint density at radius 3 is 2.50 bits per heavy atom. The maximum Gasteiger partial charge on any atom is 0.237 e. The van der Waals surface area contributed by atoms with Gasteiger partial charge in [0.1, 0.15) is 29.9 Å². The standard InChI is InChI=1S/C18H33ClN2O5S.ClH/c1-5-6-10-7-11(21(3)8-10)17(25)20-12(9(2)19)16-14(23)13(22)15(24)18(26-16)27-4;/h9-16,18,22-24H,5-8H2,1-4H3,(H,20,25);1H. The number of aliphatic hydroxyl groups excluding tert-OH is 3. The fourth-order valence-electron chi connectivity index (χ4n) is 4.11. The normalized spacial score (nSPS) is 38.5. The molecule has 0 spiro atoms. The molecule has 10 heteroatoms. The molecule has 1 amide bonds. The average Bonchev–Trinajstić information content (AvgIpc) is 2.99. The summed E-state index contributed by atoms with van der Waals surface area (Å²) in [4.78, 5) is 14.9. The summed E-state index contributed by atoms with van der Waals surface area (Å²) in [5.41, 5.74) is -0.702. The molecule has 166 valence electrons. The van der Waals surface area contributed by atoms with Crippen molar-refractivity contribution in [2.45, 2.75) is 80.4 Å². The third kappa shape index (κ3) is 5.88. The van der Waals surface area contributed by atoms with E-state index in [1.165, 1.54) is 11.8 Å². The number of nitrogens with zero attached hydrogens (tertiary/aromatic N) is 1. The molecule has 2 aliphatic heterocycles. The maximum absolute atomic E-state index is 12.9. The van der Waals surface area contributed by atoms with Gasteiger partial charge in [0.15, 0.2) is 0 Å². The lowest BCUT2D eigenvalue weighted by Crippen LogP contribution is -2.65. The van der Waals surface area contributed by atoms with Gasteiger partial charge >= 0.3 is 0 Å². The molecular formula is C18H34Cl2N2O5S. The van der Waals surface area contributed by atoms with Crippen LogP contribution in [-0.4, -0.2) is 93.3 Å². The highest BCUT2D eigenvalue weighted by atomic mass is 35.5. The number of amides is 1. The molecule has 2 fully saturated rings. The molecule has 0 aliphatic carbocycles. The highest BCUT2D eigenvalue weighted by molar-refractivity contribution is 7.99. The molecule has 28 heavy (non-hydrogen) atoms. The predicted molar refractivity (Wildman–Crippen MR) is 114 cm³/mol. The van der Waals surface area contributed by atoms with E-state index in [4.69, 9.17) is 16.3 Å². The van der Waals surface area contributed by atoms with E-state index in [1.807, 2.05) is 11.9 Å². The van der Waals surface area contributed by atoms with Crippen LogP contribution in [-0.2, 0) is 9.53 Å². The Kier molecular flexibility index (Phi) is 10.8. The second-order valence-corrected chi connectivity index (χ2v) is 9.36. The van der Waals surface area contributed by atoms with Crippen molar-refractivity contribution in [2.75, 3.05) is 19.8 Å². The molecule has 0 aromatic rings. The third-order valence-corrected chi connectivity index (χ3v) is 6.76. The van der Waals surface area contributed by atoms with E-state index in [1.54, 1.807) is 13.2 Å². The summed E-state index contributed by atoms with van der Waals surface area (Å²) in [6.45, 7) is 4.74. The Morgan fingerprint density at radius 2 is 1.96 bits per heavy atom. The lowest BCUT2D eigenvalue weighted by Gasteiger charge is -2.44. The van der Waals surface area contributed by atoms with Gasteiger partial charge in [-0.05, 0) is 39.0 Å². The summed E-state index contributed by atoms with van der Waals surface area (Å²) in [6, 6.07) is -0.934. The zero-order chi connectivity index (χ0) is 20.3. The number of likely N-dealkylation sites (tertiary alicyclic amines) is 1. The lowest BCUT2D eigenvalue weighted by molar-refractivity contribution is -0.205. The Hall–Kier alpha value is 0.200. The molecule has 0 bridgehead atoms. The van der Waals surface area contributed by atoms with Gasteiger partial charge in [-0.3, -0.25) is 9.69 Å². The zero-order valence-corrected chi connectivity index (χ0v) is 19.2. The van der Waals surface area contributed by atoms with E-state index in [0.29, 0.717) is 5.92 Å². The van der Waals surface area contributed by atoms with Gasteiger partial charge in [0.2, 0.25) is 5.91 Å². The van der Waals surface area contributed by atoms with E-state index in [2.05, 4.69) is 12.2 Å². The minimum absolute atomic E-state index is 0. The van der Waals surface area contributed by atoms with Gasteiger partial charge in [0, 0.05) is 6.54 Å². The lowest BCUT2D eigenvalue weighted by atomic mass is 9.92. The van der Waals surface area contributed by atoms with Crippen LogP contribution < -0.4 is 5.32 Å². The van der Waals surface area contributed by atoms with Crippen molar-refractivity contribution in [3.05, 3.63) is 0 Å². The fourth-order valence-corrected chi connectivity index (χ4v) is 5.00. The van der Waals surface area contributed by atoms with Crippen molar-refractivity contribution < 1.29 is 24.9 Å². The number of carbonyl (C=O) groups excluding carboxylic acids is 1. The average molecular weight is 461 g/mol. The van der Waals surface area contributed by atoms with Gasteiger partial charge < -0.3 is 25.4 Å². The second kappa shape index (κ2) is 11.6. The number of ether oxygens (including phenoxy) is 1. The Bertz CT molecular complexity index is 503. The van der Waals surface area contributed by atoms with Crippen LogP contribution in [0.4, 0.5) is 0 Å². The second-order valence-electron chi connectivity index (χ2n) is 7.73. The zero-order valence-electron chi connectivity index (χ0n) is 16.8. The first-order valence-corrected chi connectivity index (χ1v) is 11.3. The molecule has 2 saturated heterocycles. The number of rotatable bonds is 7. The molecule has 2 aliphatic rings. The van der Waals surface area contributed by atoms with Crippen molar-refractivity contribution in [1.29, 1.82) is 0 Å². The first kappa shape index (κ1) is 26.2. The molecule has 7 nitrogen and oxygen atoms in total. The summed E-state index contributed by atoms with van der Waals surface area (Å²) in [7, 11) is 1.94. The highest BCUT2D eigenvalue weighted by Gasteiger charge is 2.48. The Balaban J connectivity index is 0.00000392. The number of carbonyl (C=O) groups is 1. The smallest absolute Gasteiger partial charge is 0.237 e. The summed E-state index contributed by atoms with van der Waals surface area (Å²) in [5, 5.41) is 33.0. The molecule has 0 aromatic carbocycles. The predicted octanol–water partition coefficient (Wildman–Crippen LogP) is 0.811. The van der Waals surface area contributed by atoms with Gasteiger partial charge in [0.05, 0.1) is 17.5 Å². The number of nitrogens with one attached hydrogen (secondary N) is 1. The van der Waals surface area contributed by atoms with Crippen molar-refractivity contribution in [3.63, 3.8) is 0 Å². The molecule has 0 aromatic heterocycles. The number of likely N-dealkylation sites (N-methyl/N-ethyl adjacent to an activating group) is 1. The minimum atomic E-state index is -1.36. The molecule has 0 radical (unpaired) electrons. The van der Waals surface area contributed by atoms with Crippen LogP contribution in [0.25, 0.3) is 0 Å². The van der Waals surface area contributed by atoms with Crippen LogP contribution in [0, 0.1) is 5.92 Å². The fraction of sp³-hybridized carbons (Fsp3) is 0.944. The number of aliphatic hydroxyl groups is 3. The van der Waals surface area contributed by atoms with Gasteiger partial charge in [-0.25, -0.2) is 0 Å². The molecule has 2 heterocycles. The highest BCUT2D eigenvalue weighted by Crippen LogP contribution is 2.31. The first-order chi connectivity index (χ1) is 12.7. The van der Waals surface area contributed by atoms with Gasteiger partial charge in [0.25, 0.3) is 0 Å². The largest absolute Gasteiger partial charge is 0.388 e. The van der Waals surface area contributed by atoms with E-state index < -0.39 is 41.3 Å². The molecule has 4 N–H and O–H groups in total. The van der Waals surface area contributed by atoms with Crippen LogP contribution in [0.3, 0.4) is 0 Å². The number of halogens is 2. The van der Waals surface area contributed by atoms with Crippen molar-refractivity contribution in [1.82, 2.24) is 10.2 Å². The van der Waals surface area contributed by atoms with Gasteiger partial charge in [-0.1, -0.05) is 13.3 Å². The summed E-state index contributed by atoms with van der Waals surface area (Å²) in [6.07, 6.45) is -0.0980. The molecule has 9 atom stereocenters. The summed E-state index contributed by atoms with van der Waals surface area (Å²) < 4.78 is 5.79. The summed E-state index contributed by atoms with van der Waals surface area (Å²) in [5.74, 6) is 0.350. The van der Waals surface area contributed by atoms with E-state index in [9.17, 15) is 20.1 Å². The molecule has 9 unspecified atom stereocenters. The SMILES string of the molecule is CCCC1CC(C(=O)NC(C(C)Cl)C2OC(SC)C(O)C(O)C2O)N(C)C1.Cl. The third-order valence-electron chi connectivity index (χ3n) is 5.63. The van der Waals surface area contributed by atoms with Gasteiger partial charge in [-0.15, -0.1) is 35.8 Å². The Labute approximate surface area is 182 Å². The topological polar surface area (TPSA) is 102 Å². The quantitative estimate of drug-likeness (QED) is 0.416. The van der Waals surface area contributed by atoms with Crippen LogP contribution in [0.2, 0.25) is 0 Å². The summed E-state index contributed by atoms with van der Waals surface area (Å²) >= 11 is 7.55. The van der Waals surface area contributed by atoms with Crippen LogP contribution in [0.1, 0.15) is 33.1 Å². The Morgan fingerprint density at radius 1 is 1.32 bits per heavy atom. The molecule has 0 saturated carbocycles. The monoisotopic (exact) mass is 460 g/mol. The molecular weight excluding hydrogens is 427 g/mol. The number of hydrogen-bond donors (Lipinski definition) is 4. The minimum Gasteiger partial charge on any atom is -0.388 e. The van der Waals surface area contributed by atoms with Crippen LogP contribution in [0.15, 0.2) is 0 Å².